The SMILES string of the molecule is CC(C)(C)c1ccc2c(c1)[cH-]c1cc(C(C)(C)C)ccc12.CC1=[C-]C(C)C=C1C(C)C.Cc1ccc([C](=[Zr+2])c2ccc(C)cc2)cc1.[Cl-].[Cl-]. The van der Waals surface area contributed by atoms with Crippen LogP contribution in [0.4, 0.5) is 0 Å². The number of fused-ring (bicyclic) bond motifs is 3. The van der Waals surface area contributed by atoms with E-state index in [-0.39, 0.29) is 35.6 Å². The first-order valence-corrected chi connectivity index (χ1v) is 18.4. The molecule has 0 spiro atoms. The Kier molecular flexibility index (Phi) is 15.4. The largest absolute Gasteiger partial charge is 1.00 e. The zero-order valence-electron chi connectivity index (χ0n) is 31.6. The number of rotatable bonds is 3. The molecule has 49 heavy (non-hydrogen) atoms. The molecule has 1 aliphatic carbocycles. The van der Waals surface area contributed by atoms with Gasteiger partial charge in [0.25, 0.3) is 0 Å². The van der Waals surface area contributed by atoms with Gasteiger partial charge < -0.3 is 24.8 Å². The summed E-state index contributed by atoms with van der Waals surface area (Å²) < 4.78 is 1.42. The first-order valence-electron chi connectivity index (χ1n) is 17.1. The van der Waals surface area contributed by atoms with Crippen molar-refractivity contribution in [3.8, 4) is 0 Å². The van der Waals surface area contributed by atoms with Crippen LogP contribution in [0.1, 0.15) is 103 Å². The van der Waals surface area contributed by atoms with Crippen LogP contribution in [0, 0.1) is 31.8 Å². The van der Waals surface area contributed by atoms with E-state index in [0.29, 0.717) is 11.8 Å². The van der Waals surface area contributed by atoms with Gasteiger partial charge in [0.15, 0.2) is 0 Å². The standard InChI is InChI=1S/C21H25.C15H14.C10H15.2ClH.Zr/c1-20(2,3)16-7-9-18-14(12-16)11-15-13-17(21(4,5)6)8-10-19(15)18;1-12-3-7-14(8-4-12)11-15-9-5-13(2)6-10-15;1-7(2)10-6-8(3)5-9(10)4;;;/h7-13H,1-6H3;3-10H,1-2H3;6-8H,1-4H3;2*1H;/q-1;;-1;;;+2/p-2. The number of halogens is 2. The number of aryl methyl sites for hydroxylation is 2. The minimum atomic E-state index is 0. The number of hydrogen-bond donors (Lipinski definition) is 0. The molecule has 0 saturated carbocycles. The maximum atomic E-state index is 3.37. The smallest absolute Gasteiger partial charge is 1.00 e. The Morgan fingerprint density at radius 3 is 1.33 bits per heavy atom. The summed E-state index contributed by atoms with van der Waals surface area (Å²) >= 11 is 1.46. The molecule has 0 saturated heterocycles. The van der Waals surface area contributed by atoms with Gasteiger partial charge in [-0.15, -0.1) is 39.7 Å². The summed E-state index contributed by atoms with van der Waals surface area (Å²) in [5.41, 5.74) is 11.4. The molecule has 5 aromatic carbocycles. The normalized spacial score (nSPS) is 14.1. The van der Waals surface area contributed by atoms with Gasteiger partial charge in [-0.05, 0) is 10.8 Å². The Bertz CT molecular complexity index is 1790. The molecule has 1 unspecified atom stereocenters. The topological polar surface area (TPSA) is 0 Å². The maximum absolute atomic E-state index is 3.37. The van der Waals surface area contributed by atoms with Crippen LogP contribution < -0.4 is 24.8 Å². The van der Waals surface area contributed by atoms with E-state index in [1.165, 1.54) is 93.5 Å². The molecule has 0 amide bonds. The van der Waals surface area contributed by atoms with Crippen LogP contribution in [0.25, 0.3) is 21.5 Å². The Hall–Kier alpha value is -2.44. The molecule has 0 aliphatic heterocycles. The molecule has 258 valence electrons. The van der Waals surface area contributed by atoms with Crippen molar-refractivity contribution in [1.82, 2.24) is 0 Å². The Balaban J connectivity index is 0.000000265. The van der Waals surface area contributed by atoms with Crippen LogP contribution in [-0.2, 0) is 35.1 Å². The summed E-state index contributed by atoms with van der Waals surface area (Å²) in [7, 11) is 0. The molecule has 1 atom stereocenters. The van der Waals surface area contributed by atoms with Crippen LogP contribution in [0.3, 0.4) is 0 Å². The third kappa shape index (κ3) is 11.3. The molecular weight excluding hydrogens is 715 g/mol. The quantitative estimate of drug-likeness (QED) is 0.180. The third-order valence-electron chi connectivity index (χ3n) is 9.05. The van der Waals surface area contributed by atoms with Gasteiger partial charge in [-0.2, -0.15) is 11.6 Å². The molecule has 1 aliphatic rings. The minimum Gasteiger partial charge on any atom is -1.00 e. The average molecular weight is 769 g/mol. The summed E-state index contributed by atoms with van der Waals surface area (Å²) in [5, 5.41) is 5.48. The van der Waals surface area contributed by atoms with Crippen molar-refractivity contribution in [3.05, 3.63) is 148 Å². The predicted octanol–water partition coefficient (Wildman–Crippen LogP) is 6.70. The zero-order valence-corrected chi connectivity index (χ0v) is 35.6. The average Bonchev–Trinajstić information content (AvgIpc) is 3.55. The van der Waals surface area contributed by atoms with Crippen LogP contribution >= 0.6 is 0 Å². The fourth-order valence-corrected chi connectivity index (χ4v) is 6.87. The van der Waals surface area contributed by atoms with Crippen molar-refractivity contribution in [3.63, 3.8) is 0 Å². The molecule has 0 aromatic heterocycles. The van der Waals surface area contributed by atoms with Gasteiger partial charge in [-0.1, -0.05) is 116 Å². The van der Waals surface area contributed by atoms with Gasteiger partial charge in [0, 0.05) is 0 Å². The van der Waals surface area contributed by atoms with E-state index >= 15 is 0 Å². The number of hydrogen-bond acceptors (Lipinski definition) is 0. The van der Waals surface area contributed by atoms with E-state index in [2.05, 4.69) is 186 Å². The molecule has 0 bridgehead atoms. The monoisotopic (exact) mass is 766 g/mol. The van der Waals surface area contributed by atoms with Crippen molar-refractivity contribution in [2.75, 3.05) is 0 Å². The summed E-state index contributed by atoms with van der Waals surface area (Å²) in [4.78, 5) is 0. The summed E-state index contributed by atoms with van der Waals surface area (Å²) in [5.74, 6) is 1.20. The van der Waals surface area contributed by atoms with Crippen LogP contribution in [-0.4, -0.2) is 3.21 Å². The van der Waals surface area contributed by atoms with E-state index in [9.17, 15) is 0 Å². The first kappa shape index (κ1) is 42.7. The molecule has 0 heterocycles. The Morgan fingerprint density at radius 2 is 1.04 bits per heavy atom. The van der Waals surface area contributed by atoms with E-state index in [1.807, 2.05) is 0 Å². The number of benzene rings is 4. The van der Waals surface area contributed by atoms with Crippen LogP contribution in [0.15, 0.2) is 108 Å². The van der Waals surface area contributed by atoms with Crippen molar-refractivity contribution in [2.45, 2.75) is 93.9 Å². The second-order valence-electron chi connectivity index (χ2n) is 15.7. The zero-order chi connectivity index (χ0) is 34.7. The fourth-order valence-electron chi connectivity index (χ4n) is 6.05. The molecule has 3 heteroatoms. The minimum absolute atomic E-state index is 0. The van der Waals surface area contributed by atoms with E-state index < -0.39 is 0 Å². The Morgan fingerprint density at radius 1 is 0.653 bits per heavy atom. The van der Waals surface area contributed by atoms with Gasteiger partial charge in [0.05, 0.1) is 0 Å². The molecule has 0 nitrogen and oxygen atoms in total. The molecule has 0 N–H and O–H groups in total. The van der Waals surface area contributed by atoms with Gasteiger partial charge in [-0.25, -0.2) is 5.57 Å². The van der Waals surface area contributed by atoms with Crippen molar-refractivity contribution in [2.24, 2.45) is 11.8 Å². The van der Waals surface area contributed by atoms with E-state index in [1.54, 1.807) is 0 Å². The van der Waals surface area contributed by atoms with Crippen molar-refractivity contribution >= 4 is 24.8 Å². The Labute approximate surface area is 325 Å². The molecule has 6 rings (SSSR count). The van der Waals surface area contributed by atoms with Gasteiger partial charge in [-0.3, -0.25) is 6.08 Å². The summed E-state index contributed by atoms with van der Waals surface area (Å²) in [6, 6.07) is 33.7. The van der Waals surface area contributed by atoms with Crippen LogP contribution in [0.2, 0.25) is 0 Å². The van der Waals surface area contributed by atoms with E-state index in [0.717, 1.165) is 0 Å². The third-order valence-corrected chi connectivity index (χ3v) is 10.5. The second kappa shape index (κ2) is 17.7. The van der Waals surface area contributed by atoms with Crippen LogP contribution in [0.5, 0.6) is 0 Å². The van der Waals surface area contributed by atoms with E-state index in [4.69, 9.17) is 0 Å². The number of allylic oxidation sites excluding steroid dienone is 4. The summed E-state index contributed by atoms with van der Waals surface area (Å²) in [6.07, 6.45) is 5.68. The van der Waals surface area contributed by atoms with Gasteiger partial charge in [0.1, 0.15) is 0 Å². The van der Waals surface area contributed by atoms with Gasteiger partial charge >= 0.3 is 112 Å². The van der Waals surface area contributed by atoms with Crippen molar-refractivity contribution in [1.29, 1.82) is 0 Å². The second-order valence-corrected chi connectivity index (χ2v) is 16.9. The van der Waals surface area contributed by atoms with Crippen molar-refractivity contribution < 1.29 is 49.0 Å². The molecule has 5 aromatic rings. The first-order chi connectivity index (χ1) is 21.9. The molecular formula is C46H54Cl2Zr-2. The summed E-state index contributed by atoms with van der Waals surface area (Å²) in [6.45, 7) is 26.7. The fraction of sp³-hybridized carbons (Fsp3) is 0.348. The molecule has 0 fully saturated rings. The maximum Gasteiger partial charge on any atom is -1.00 e. The predicted molar refractivity (Wildman–Crippen MR) is 205 cm³/mol. The molecule has 0 radical (unpaired) electrons. The van der Waals surface area contributed by atoms with Gasteiger partial charge in [0.2, 0.25) is 0 Å².